The number of aromatic nitrogens is 4. The molecule has 0 fully saturated rings. The van der Waals surface area contributed by atoms with Gasteiger partial charge in [-0.3, -0.25) is 4.79 Å². The minimum absolute atomic E-state index is 0.0191. The van der Waals surface area contributed by atoms with Gasteiger partial charge >= 0.3 is 0 Å². The van der Waals surface area contributed by atoms with Gasteiger partial charge in [-0.15, -0.1) is 0 Å². The Bertz CT molecular complexity index is 1470. The molecule has 4 aromatic rings. The maximum atomic E-state index is 14.8. The lowest BCUT2D eigenvalue weighted by Crippen LogP contribution is -2.33. The van der Waals surface area contributed by atoms with Crippen LogP contribution in [-0.4, -0.2) is 60.1 Å². The molecule has 204 valence electrons. The number of halogens is 2. The Morgan fingerprint density at radius 3 is 1.52 bits per heavy atom. The van der Waals surface area contributed by atoms with Gasteiger partial charge in [-0.25, -0.2) is 19.9 Å². The van der Waals surface area contributed by atoms with Crippen molar-refractivity contribution in [2.24, 2.45) is 10.3 Å². The van der Waals surface area contributed by atoms with E-state index in [1.807, 2.05) is 24.6 Å². The maximum absolute atomic E-state index is 14.8. The predicted octanol–water partition coefficient (Wildman–Crippen LogP) is 6.43. The topological polar surface area (TPSA) is 134 Å². The van der Waals surface area contributed by atoms with Crippen LogP contribution in [-0.2, 0) is 4.79 Å². The summed E-state index contributed by atoms with van der Waals surface area (Å²) in [6.07, 6.45) is 6.73. The van der Waals surface area contributed by atoms with Crippen LogP contribution in [0.25, 0.3) is 0 Å². The molecule has 0 radical (unpaired) electrons. The van der Waals surface area contributed by atoms with E-state index in [0.29, 0.717) is 21.4 Å². The van der Waals surface area contributed by atoms with E-state index in [1.165, 1.54) is 23.5 Å². The summed E-state index contributed by atoms with van der Waals surface area (Å²) < 4.78 is 1.45. The molecule has 0 bridgehead atoms. The van der Waals surface area contributed by atoms with Crippen LogP contribution in [0.5, 0.6) is 0 Å². The van der Waals surface area contributed by atoms with Crippen LogP contribution >= 0.6 is 55.4 Å². The highest BCUT2D eigenvalue weighted by Crippen LogP contribution is 2.34. The molecule has 2 unspecified atom stereocenters. The molecule has 4 rings (SSSR count). The summed E-state index contributed by atoms with van der Waals surface area (Å²) in [5, 5.41) is 28.7. The number of rotatable bonds is 10. The van der Waals surface area contributed by atoms with Gasteiger partial charge in [-0.05, 0) is 60.0 Å². The summed E-state index contributed by atoms with van der Waals surface area (Å²) in [6.45, 7) is 0. The van der Waals surface area contributed by atoms with Gasteiger partial charge in [0.15, 0.2) is 16.1 Å². The zero-order valence-corrected chi connectivity index (χ0v) is 25.9. The van der Waals surface area contributed by atoms with Crippen molar-refractivity contribution in [2.75, 3.05) is 12.5 Å². The molecule has 0 amide bonds. The Labute approximate surface area is 255 Å². The van der Waals surface area contributed by atoms with E-state index in [2.05, 4.69) is 62.1 Å². The van der Waals surface area contributed by atoms with Crippen molar-refractivity contribution < 1.29 is 15.2 Å². The summed E-state index contributed by atoms with van der Waals surface area (Å²) >= 11 is 9.61. The van der Waals surface area contributed by atoms with Crippen molar-refractivity contribution in [3.63, 3.8) is 0 Å². The number of hydrogen-bond acceptors (Lipinski definition) is 11. The van der Waals surface area contributed by atoms with Crippen LogP contribution in [0.2, 0.25) is 0 Å². The fourth-order valence-electron chi connectivity index (χ4n) is 4.13. The van der Waals surface area contributed by atoms with E-state index in [9.17, 15) is 15.2 Å². The maximum Gasteiger partial charge on any atom is 0.187 e. The second kappa shape index (κ2) is 14.0. The first-order valence-corrected chi connectivity index (χ1v) is 15.7. The number of Topliss-reactive ketones (excluding diaryl/α,β-unsaturated/α-hetero) is 1. The van der Waals surface area contributed by atoms with Crippen molar-refractivity contribution in [3.8, 4) is 0 Å². The Balaban J connectivity index is 1.96. The lowest BCUT2D eigenvalue weighted by Gasteiger charge is -2.25. The van der Waals surface area contributed by atoms with E-state index in [-0.39, 0.29) is 22.8 Å². The zero-order valence-electron chi connectivity index (χ0n) is 21.1. The van der Waals surface area contributed by atoms with E-state index in [4.69, 9.17) is 0 Å². The highest BCUT2D eigenvalue weighted by atomic mass is 79.9. The lowest BCUT2D eigenvalue weighted by molar-refractivity contribution is -0.119. The number of carbonyl (C=O) groups is 1. The van der Waals surface area contributed by atoms with Gasteiger partial charge in [0.05, 0.1) is 23.2 Å². The molecule has 40 heavy (non-hydrogen) atoms. The molecule has 9 nitrogen and oxygen atoms in total. The van der Waals surface area contributed by atoms with Crippen LogP contribution in [0.1, 0.15) is 34.4 Å². The van der Waals surface area contributed by atoms with Gasteiger partial charge in [0.25, 0.3) is 0 Å². The van der Waals surface area contributed by atoms with Crippen LogP contribution < -0.4 is 0 Å². The third kappa shape index (κ3) is 6.77. The van der Waals surface area contributed by atoms with Gasteiger partial charge in [0.2, 0.25) is 0 Å². The summed E-state index contributed by atoms with van der Waals surface area (Å²) in [6, 6.07) is 17.5. The van der Waals surface area contributed by atoms with E-state index >= 15 is 0 Å². The van der Waals surface area contributed by atoms with Crippen molar-refractivity contribution in [2.45, 2.75) is 22.1 Å². The molecule has 0 aliphatic heterocycles. The van der Waals surface area contributed by atoms with E-state index in [0.717, 1.165) is 8.95 Å². The van der Waals surface area contributed by atoms with Gasteiger partial charge in [-0.2, -0.15) is 0 Å². The van der Waals surface area contributed by atoms with Crippen molar-refractivity contribution in [1.29, 1.82) is 0 Å². The van der Waals surface area contributed by atoms with E-state index in [1.54, 1.807) is 60.9 Å². The third-order valence-corrected chi connectivity index (χ3v) is 7.96. The first-order chi connectivity index (χ1) is 19.4. The summed E-state index contributed by atoms with van der Waals surface area (Å²) in [7, 11) is 0. The normalized spacial score (nSPS) is 13.6. The van der Waals surface area contributed by atoms with Crippen LogP contribution in [0.4, 0.5) is 0 Å². The second-order valence-corrected chi connectivity index (χ2v) is 11.6. The summed E-state index contributed by atoms with van der Waals surface area (Å²) in [5.74, 6) is -2.66. The molecule has 0 aliphatic rings. The molecule has 13 heteroatoms. The monoisotopic (exact) mass is 700 g/mol. The number of nitrogens with zero attached hydrogens (tertiary/aromatic N) is 6. The van der Waals surface area contributed by atoms with Crippen molar-refractivity contribution in [1.82, 2.24) is 19.9 Å². The van der Waals surface area contributed by atoms with Crippen LogP contribution in [0.15, 0.2) is 103 Å². The molecular formula is C27H22Br2N6O3S2. The highest BCUT2D eigenvalue weighted by Gasteiger charge is 2.39. The Morgan fingerprint density at radius 2 is 1.18 bits per heavy atom. The predicted molar refractivity (Wildman–Crippen MR) is 163 cm³/mol. The molecule has 0 spiro atoms. The largest absolute Gasteiger partial charge is 0.411 e. The van der Waals surface area contributed by atoms with Gasteiger partial charge in [-0.1, -0.05) is 90.0 Å². The smallest absolute Gasteiger partial charge is 0.187 e. The highest BCUT2D eigenvalue weighted by molar-refractivity contribution is 9.10. The molecule has 2 atom stereocenters. The number of benzene rings is 2. The first-order valence-electron chi connectivity index (χ1n) is 11.6. The van der Waals surface area contributed by atoms with Crippen LogP contribution in [0, 0.1) is 0 Å². The molecule has 0 saturated heterocycles. The van der Waals surface area contributed by atoms with Crippen LogP contribution in [0.3, 0.4) is 0 Å². The average Bonchev–Trinajstić information content (AvgIpc) is 2.98. The van der Waals surface area contributed by atoms with Crippen molar-refractivity contribution in [3.05, 3.63) is 105 Å². The second-order valence-electron chi connectivity index (χ2n) is 8.21. The molecule has 2 heterocycles. The fraction of sp³-hybridized carbons (Fsp3) is 0.148. The minimum Gasteiger partial charge on any atom is -0.411 e. The average molecular weight is 702 g/mol. The van der Waals surface area contributed by atoms with Crippen molar-refractivity contribution >= 4 is 72.6 Å². The molecular weight excluding hydrogens is 680 g/mol. The van der Waals surface area contributed by atoms with Gasteiger partial charge < -0.3 is 10.4 Å². The van der Waals surface area contributed by atoms with E-state index < -0.39 is 17.6 Å². The Hall–Kier alpha value is -3.13. The first kappa shape index (κ1) is 29.8. The number of oxime groups is 2. The Kier molecular flexibility index (Phi) is 10.4. The SMILES string of the molecule is CSc1nccc(C(=NO)C(C(=O)C(C(=NO)c2ccnc(SC)n2)c2cccc(Br)c2)c2cccc(Br)c2)n1. The quantitative estimate of drug-likeness (QED) is 0.0631. The fourth-order valence-corrected chi connectivity index (χ4v) is 5.68. The molecule has 2 N–H and O–H groups in total. The lowest BCUT2D eigenvalue weighted by atomic mass is 9.77. The third-order valence-electron chi connectivity index (χ3n) is 5.85. The zero-order chi connectivity index (χ0) is 28.6. The summed E-state index contributed by atoms with van der Waals surface area (Å²) in [4.78, 5) is 32.2. The molecule has 0 saturated carbocycles. The standard InChI is InChI=1S/C27H22Br2N6O3S2/c1-39-26-30-11-9-19(32-26)23(34-37)21(15-5-3-7-17(28)13-15)25(36)22(16-6-4-8-18(29)14-16)24(35-38)20-10-12-31-27(33-20)40-2/h3-14,21-22,37-38H,1-2H3. The Morgan fingerprint density at radius 1 is 0.750 bits per heavy atom. The molecule has 2 aromatic carbocycles. The minimum atomic E-state index is -1.12. The van der Waals surface area contributed by atoms with Gasteiger partial charge in [0, 0.05) is 21.3 Å². The number of carbonyl (C=O) groups excluding carboxylic acids is 1. The number of hydrogen-bond donors (Lipinski definition) is 2. The number of ketones is 1. The number of thioether (sulfide) groups is 2. The summed E-state index contributed by atoms with van der Waals surface area (Å²) in [5.41, 5.74) is 1.68. The molecule has 0 aliphatic carbocycles. The molecule has 2 aromatic heterocycles. The van der Waals surface area contributed by atoms with Gasteiger partial charge in [0.1, 0.15) is 11.4 Å².